The van der Waals surface area contributed by atoms with Gasteiger partial charge in [0.2, 0.25) is 0 Å². The van der Waals surface area contributed by atoms with E-state index in [9.17, 15) is 4.39 Å². The van der Waals surface area contributed by atoms with Gasteiger partial charge in [0, 0.05) is 24.9 Å². The Morgan fingerprint density at radius 1 is 1.29 bits per heavy atom. The first kappa shape index (κ1) is 14.5. The number of aliphatic hydroxyl groups excluding tert-OH is 1. The molecule has 2 nitrogen and oxygen atoms in total. The van der Waals surface area contributed by atoms with Crippen LogP contribution in [0.25, 0.3) is 0 Å². The molecular formula is C13H20FNOS. The molecular weight excluding hydrogens is 237 g/mol. The minimum Gasteiger partial charge on any atom is -0.396 e. The van der Waals surface area contributed by atoms with Crippen molar-refractivity contribution in [2.24, 2.45) is 0 Å². The standard InChI is InChI=1S/C13H20FNOS/c1-11(12-3-5-13(14)6-4-12)15-7-10-17-9-2-8-16/h3-6,11,15-16H,2,7-10H2,1H3. The van der Waals surface area contributed by atoms with Crippen LogP contribution in [0.2, 0.25) is 0 Å². The van der Waals surface area contributed by atoms with E-state index in [1.54, 1.807) is 0 Å². The molecule has 4 heteroatoms. The van der Waals surface area contributed by atoms with Gasteiger partial charge in [0.05, 0.1) is 0 Å². The van der Waals surface area contributed by atoms with Crippen molar-refractivity contribution < 1.29 is 9.50 Å². The number of thioether (sulfide) groups is 1. The molecule has 1 aromatic carbocycles. The lowest BCUT2D eigenvalue weighted by atomic mass is 10.1. The predicted molar refractivity (Wildman–Crippen MR) is 71.8 cm³/mol. The fourth-order valence-electron chi connectivity index (χ4n) is 1.49. The molecule has 0 bridgehead atoms. The van der Waals surface area contributed by atoms with Crippen molar-refractivity contribution in [3.63, 3.8) is 0 Å². The van der Waals surface area contributed by atoms with E-state index in [-0.39, 0.29) is 18.5 Å². The first-order chi connectivity index (χ1) is 8.24. The third-order valence-electron chi connectivity index (χ3n) is 2.51. The summed E-state index contributed by atoms with van der Waals surface area (Å²) in [6.45, 7) is 3.27. The van der Waals surface area contributed by atoms with E-state index in [1.165, 1.54) is 12.1 Å². The first-order valence-electron chi connectivity index (χ1n) is 5.91. The van der Waals surface area contributed by atoms with E-state index < -0.39 is 0 Å². The number of rotatable bonds is 8. The van der Waals surface area contributed by atoms with E-state index in [4.69, 9.17) is 5.11 Å². The first-order valence-corrected chi connectivity index (χ1v) is 7.07. The van der Waals surface area contributed by atoms with Gasteiger partial charge in [-0.3, -0.25) is 0 Å². The smallest absolute Gasteiger partial charge is 0.123 e. The van der Waals surface area contributed by atoms with Crippen LogP contribution in [0.5, 0.6) is 0 Å². The van der Waals surface area contributed by atoms with Gasteiger partial charge in [0.15, 0.2) is 0 Å². The van der Waals surface area contributed by atoms with Crippen molar-refractivity contribution >= 4 is 11.8 Å². The molecule has 1 atom stereocenters. The largest absolute Gasteiger partial charge is 0.396 e. The molecule has 2 N–H and O–H groups in total. The average molecular weight is 257 g/mol. The summed E-state index contributed by atoms with van der Waals surface area (Å²) in [4.78, 5) is 0. The summed E-state index contributed by atoms with van der Waals surface area (Å²) in [5, 5.41) is 12.0. The summed E-state index contributed by atoms with van der Waals surface area (Å²) in [5.41, 5.74) is 1.10. The molecule has 0 aromatic heterocycles. The Hall–Kier alpha value is -0.580. The van der Waals surface area contributed by atoms with Crippen LogP contribution in [0.15, 0.2) is 24.3 Å². The van der Waals surface area contributed by atoms with Gasteiger partial charge < -0.3 is 10.4 Å². The quantitative estimate of drug-likeness (QED) is 0.702. The monoisotopic (exact) mass is 257 g/mol. The summed E-state index contributed by atoms with van der Waals surface area (Å²) in [6.07, 6.45) is 0.859. The predicted octanol–water partition coefficient (Wildman–Crippen LogP) is 2.59. The van der Waals surface area contributed by atoms with Gasteiger partial charge in [-0.25, -0.2) is 4.39 Å². The van der Waals surface area contributed by atoms with Crippen LogP contribution < -0.4 is 5.32 Å². The Balaban J connectivity index is 2.16. The molecule has 0 aliphatic heterocycles. The minimum atomic E-state index is -0.194. The third-order valence-corrected chi connectivity index (χ3v) is 3.58. The summed E-state index contributed by atoms with van der Waals surface area (Å²) >= 11 is 1.83. The molecule has 0 radical (unpaired) electrons. The lowest BCUT2D eigenvalue weighted by molar-refractivity contribution is 0.296. The number of benzene rings is 1. The van der Waals surface area contributed by atoms with Crippen LogP contribution in [0, 0.1) is 5.82 Å². The molecule has 1 unspecified atom stereocenters. The highest BCUT2D eigenvalue weighted by molar-refractivity contribution is 7.99. The fraction of sp³-hybridized carbons (Fsp3) is 0.538. The fourth-order valence-corrected chi connectivity index (χ4v) is 2.29. The summed E-state index contributed by atoms with van der Waals surface area (Å²) in [5.74, 6) is 1.84. The summed E-state index contributed by atoms with van der Waals surface area (Å²) in [6, 6.07) is 6.85. The van der Waals surface area contributed by atoms with Crippen LogP contribution in [-0.4, -0.2) is 29.8 Å². The zero-order chi connectivity index (χ0) is 12.5. The molecule has 1 aromatic rings. The van der Waals surface area contributed by atoms with Crippen LogP contribution in [0.4, 0.5) is 4.39 Å². The molecule has 1 rings (SSSR count). The maximum absolute atomic E-state index is 12.7. The van der Waals surface area contributed by atoms with Crippen molar-refractivity contribution in [1.82, 2.24) is 5.32 Å². The molecule has 96 valence electrons. The van der Waals surface area contributed by atoms with Gasteiger partial charge in [-0.05, 0) is 36.8 Å². The van der Waals surface area contributed by atoms with Gasteiger partial charge in [-0.1, -0.05) is 12.1 Å². The van der Waals surface area contributed by atoms with Gasteiger partial charge in [0.1, 0.15) is 5.82 Å². The Morgan fingerprint density at radius 2 is 2.00 bits per heavy atom. The highest BCUT2D eigenvalue weighted by Crippen LogP contribution is 2.12. The van der Waals surface area contributed by atoms with Crippen molar-refractivity contribution in [3.8, 4) is 0 Å². The second-order valence-corrected chi connectivity index (χ2v) is 5.14. The molecule has 0 amide bonds. The van der Waals surface area contributed by atoms with Crippen LogP contribution in [0.3, 0.4) is 0 Å². The van der Waals surface area contributed by atoms with Gasteiger partial charge >= 0.3 is 0 Å². The molecule has 0 aliphatic rings. The van der Waals surface area contributed by atoms with Crippen LogP contribution >= 0.6 is 11.8 Å². The number of nitrogens with one attached hydrogen (secondary N) is 1. The van der Waals surface area contributed by atoms with E-state index in [1.807, 2.05) is 23.9 Å². The highest BCUT2D eigenvalue weighted by Gasteiger charge is 2.03. The molecule has 0 saturated heterocycles. The molecule has 17 heavy (non-hydrogen) atoms. The lowest BCUT2D eigenvalue weighted by Crippen LogP contribution is -2.21. The Labute approximate surface area is 107 Å². The van der Waals surface area contributed by atoms with E-state index in [0.29, 0.717) is 0 Å². The Bertz CT molecular complexity index is 305. The number of hydrogen-bond acceptors (Lipinski definition) is 3. The minimum absolute atomic E-state index is 0.194. The molecule has 0 saturated carbocycles. The molecule has 0 heterocycles. The average Bonchev–Trinajstić information content (AvgIpc) is 2.34. The summed E-state index contributed by atoms with van der Waals surface area (Å²) in [7, 11) is 0. The van der Waals surface area contributed by atoms with Crippen molar-refractivity contribution in [2.45, 2.75) is 19.4 Å². The van der Waals surface area contributed by atoms with Gasteiger partial charge in [0.25, 0.3) is 0 Å². The summed E-state index contributed by atoms with van der Waals surface area (Å²) < 4.78 is 12.7. The van der Waals surface area contributed by atoms with E-state index >= 15 is 0 Å². The Morgan fingerprint density at radius 3 is 2.65 bits per heavy atom. The van der Waals surface area contributed by atoms with Crippen molar-refractivity contribution in [2.75, 3.05) is 24.7 Å². The van der Waals surface area contributed by atoms with E-state index in [2.05, 4.69) is 12.2 Å². The maximum Gasteiger partial charge on any atom is 0.123 e. The third kappa shape index (κ3) is 6.05. The number of halogens is 1. The lowest BCUT2D eigenvalue weighted by Gasteiger charge is -2.13. The Kier molecular flexibility index (Phi) is 7.24. The molecule has 0 aliphatic carbocycles. The highest BCUT2D eigenvalue weighted by atomic mass is 32.2. The van der Waals surface area contributed by atoms with Crippen molar-refractivity contribution in [3.05, 3.63) is 35.6 Å². The van der Waals surface area contributed by atoms with Crippen LogP contribution in [0.1, 0.15) is 24.9 Å². The maximum atomic E-state index is 12.7. The topological polar surface area (TPSA) is 32.3 Å². The molecule has 0 fully saturated rings. The molecule has 0 spiro atoms. The number of hydrogen-bond donors (Lipinski definition) is 2. The zero-order valence-corrected chi connectivity index (χ0v) is 11.0. The normalized spacial score (nSPS) is 12.6. The second-order valence-electron chi connectivity index (χ2n) is 3.92. The van der Waals surface area contributed by atoms with Crippen molar-refractivity contribution in [1.29, 1.82) is 0 Å². The van der Waals surface area contributed by atoms with Gasteiger partial charge in [-0.2, -0.15) is 11.8 Å². The van der Waals surface area contributed by atoms with Gasteiger partial charge in [-0.15, -0.1) is 0 Å². The van der Waals surface area contributed by atoms with Crippen LogP contribution in [-0.2, 0) is 0 Å². The van der Waals surface area contributed by atoms with E-state index in [0.717, 1.165) is 30.0 Å². The second kappa shape index (κ2) is 8.50. The SMILES string of the molecule is CC(NCCSCCCO)c1ccc(F)cc1. The number of aliphatic hydroxyl groups is 1. The zero-order valence-electron chi connectivity index (χ0n) is 10.2.